The largest absolute Gasteiger partial charge is 0.467 e. The van der Waals surface area contributed by atoms with Gasteiger partial charge in [-0.2, -0.15) is 0 Å². The molecule has 0 aliphatic rings. The van der Waals surface area contributed by atoms with Crippen molar-refractivity contribution < 1.29 is 12.8 Å². The second-order valence-corrected chi connectivity index (χ2v) is 8.23. The second-order valence-electron chi connectivity index (χ2n) is 6.48. The fraction of sp³-hybridized carbons (Fsp3) is 0.421. The van der Waals surface area contributed by atoms with Gasteiger partial charge in [-0.25, -0.2) is 18.1 Å². The van der Waals surface area contributed by atoms with Gasteiger partial charge in [0.2, 0.25) is 10.0 Å². The van der Waals surface area contributed by atoms with Crippen molar-refractivity contribution in [2.24, 2.45) is 4.99 Å². The van der Waals surface area contributed by atoms with Crippen molar-refractivity contribution in [2.75, 3.05) is 6.54 Å². The molecule has 1 aromatic carbocycles. The van der Waals surface area contributed by atoms with Crippen LogP contribution < -0.4 is 15.4 Å². The SMILES string of the molecule is CCNC(=NCc1ccc(CS(=O)(=O)NC(C)C)cc1)NCc1ccco1.I. The maximum Gasteiger partial charge on any atom is 0.216 e. The third-order valence-corrected chi connectivity index (χ3v) is 5.11. The van der Waals surface area contributed by atoms with Gasteiger partial charge in [-0.1, -0.05) is 24.3 Å². The molecule has 7 nitrogen and oxygen atoms in total. The number of sulfonamides is 1. The zero-order valence-electron chi connectivity index (χ0n) is 16.4. The number of guanidine groups is 1. The molecule has 1 heterocycles. The summed E-state index contributed by atoms with van der Waals surface area (Å²) in [6.07, 6.45) is 1.64. The van der Waals surface area contributed by atoms with Crippen LogP contribution in [0.4, 0.5) is 0 Å². The maximum atomic E-state index is 12.0. The van der Waals surface area contributed by atoms with E-state index in [1.165, 1.54) is 0 Å². The quantitative estimate of drug-likeness (QED) is 0.269. The van der Waals surface area contributed by atoms with Gasteiger partial charge >= 0.3 is 0 Å². The van der Waals surface area contributed by atoms with Crippen LogP contribution in [0.3, 0.4) is 0 Å². The normalized spacial score (nSPS) is 11.9. The Balaban J connectivity index is 0.00000392. The van der Waals surface area contributed by atoms with E-state index in [1.807, 2.05) is 43.3 Å². The summed E-state index contributed by atoms with van der Waals surface area (Å²) in [5, 5.41) is 6.40. The molecule has 0 atom stereocenters. The lowest BCUT2D eigenvalue weighted by Gasteiger charge is -2.11. The molecule has 0 aliphatic carbocycles. The van der Waals surface area contributed by atoms with Crippen LogP contribution in [-0.2, 0) is 28.9 Å². The molecule has 0 unspecified atom stereocenters. The topological polar surface area (TPSA) is 95.7 Å². The number of benzene rings is 1. The Bertz CT molecular complexity index is 819. The van der Waals surface area contributed by atoms with E-state index in [-0.39, 0.29) is 35.8 Å². The van der Waals surface area contributed by atoms with Gasteiger partial charge in [0, 0.05) is 12.6 Å². The van der Waals surface area contributed by atoms with Crippen molar-refractivity contribution in [3.05, 3.63) is 59.5 Å². The summed E-state index contributed by atoms with van der Waals surface area (Å²) in [5.41, 5.74) is 1.75. The molecule has 0 aliphatic heterocycles. The Morgan fingerprint density at radius 2 is 1.79 bits per heavy atom. The summed E-state index contributed by atoms with van der Waals surface area (Å²) >= 11 is 0. The molecule has 0 fully saturated rings. The number of furan rings is 1. The molecule has 2 rings (SSSR count). The van der Waals surface area contributed by atoms with Gasteiger partial charge in [-0.15, -0.1) is 24.0 Å². The van der Waals surface area contributed by atoms with Crippen LogP contribution in [0.5, 0.6) is 0 Å². The molecule has 0 radical (unpaired) electrons. The van der Waals surface area contributed by atoms with Crippen molar-refractivity contribution >= 4 is 40.0 Å². The first kappa shape index (κ1) is 24.4. The van der Waals surface area contributed by atoms with Crippen LogP contribution in [-0.4, -0.2) is 27.0 Å². The van der Waals surface area contributed by atoms with Gasteiger partial charge in [0.25, 0.3) is 0 Å². The Labute approximate surface area is 184 Å². The highest BCUT2D eigenvalue weighted by molar-refractivity contribution is 14.0. The first-order chi connectivity index (χ1) is 12.9. The fourth-order valence-electron chi connectivity index (χ4n) is 2.46. The molecule has 3 N–H and O–H groups in total. The van der Waals surface area contributed by atoms with E-state index < -0.39 is 10.0 Å². The van der Waals surface area contributed by atoms with E-state index in [0.29, 0.717) is 19.0 Å². The monoisotopic (exact) mass is 520 g/mol. The van der Waals surface area contributed by atoms with Crippen LogP contribution in [0.25, 0.3) is 0 Å². The molecule has 9 heteroatoms. The lowest BCUT2D eigenvalue weighted by molar-refractivity contribution is 0.501. The van der Waals surface area contributed by atoms with Crippen molar-refractivity contribution in [1.29, 1.82) is 0 Å². The summed E-state index contributed by atoms with van der Waals surface area (Å²) in [4.78, 5) is 4.55. The average Bonchev–Trinajstić information content (AvgIpc) is 3.10. The Morgan fingerprint density at radius 1 is 1.11 bits per heavy atom. The number of nitrogens with zero attached hydrogens (tertiary/aromatic N) is 1. The van der Waals surface area contributed by atoms with Crippen LogP contribution >= 0.6 is 24.0 Å². The number of halogens is 1. The lowest BCUT2D eigenvalue weighted by Crippen LogP contribution is -2.36. The first-order valence-electron chi connectivity index (χ1n) is 9.00. The molecular weight excluding hydrogens is 491 g/mol. The smallest absolute Gasteiger partial charge is 0.216 e. The fourth-order valence-corrected chi connectivity index (χ4v) is 3.89. The highest BCUT2D eigenvalue weighted by Gasteiger charge is 2.12. The van der Waals surface area contributed by atoms with E-state index in [9.17, 15) is 8.42 Å². The molecule has 156 valence electrons. The standard InChI is InChI=1S/C19H28N4O3S.HI/c1-4-20-19(22-13-18-6-5-11-26-18)21-12-16-7-9-17(10-8-16)14-27(24,25)23-15(2)3;/h5-11,15,23H,4,12-14H2,1-3H3,(H2,20,21,22);1H. The van der Waals surface area contributed by atoms with Gasteiger partial charge < -0.3 is 15.1 Å². The molecule has 0 bridgehead atoms. The van der Waals surface area contributed by atoms with Gasteiger partial charge in [-0.3, -0.25) is 0 Å². The van der Waals surface area contributed by atoms with Gasteiger partial charge in [-0.05, 0) is 44.0 Å². The first-order valence-corrected chi connectivity index (χ1v) is 10.7. The van der Waals surface area contributed by atoms with Crippen molar-refractivity contribution in [1.82, 2.24) is 15.4 Å². The zero-order chi connectivity index (χ0) is 19.7. The predicted octanol–water partition coefficient (Wildman–Crippen LogP) is 2.98. The Hall–Kier alpha value is -1.59. The van der Waals surface area contributed by atoms with E-state index >= 15 is 0 Å². The molecule has 2 aromatic rings. The van der Waals surface area contributed by atoms with Gasteiger partial charge in [0.15, 0.2) is 5.96 Å². The van der Waals surface area contributed by atoms with Crippen molar-refractivity contribution in [3.8, 4) is 0 Å². The summed E-state index contributed by atoms with van der Waals surface area (Å²) < 4.78 is 31.9. The molecule has 0 spiro atoms. The van der Waals surface area contributed by atoms with Crippen LogP contribution in [0.2, 0.25) is 0 Å². The molecule has 1 aromatic heterocycles. The molecule has 0 saturated carbocycles. The molecule has 28 heavy (non-hydrogen) atoms. The number of hydrogen-bond donors (Lipinski definition) is 3. The van der Waals surface area contributed by atoms with Gasteiger partial charge in [0.05, 0.1) is 25.1 Å². The summed E-state index contributed by atoms with van der Waals surface area (Å²) in [7, 11) is -3.32. The van der Waals surface area contributed by atoms with Crippen molar-refractivity contribution in [2.45, 2.75) is 45.7 Å². The minimum Gasteiger partial charge on any atom is -0.467 e. The minimum atomic E-state index is -3.32. The molecular formula is C19H29IN4O3S. The molecule has 0 amide bonds. The minimum absolute atomic E-state index is 0. The van der Waals surface area contributed by atoms with E-state index in [4.69, 9.17) is 4.42 Å². The molecule has 0 saturated heterocycles. The number of hydrogen-bond acceptors (Lipinski definition) is 4. The summed E-state index contributed by atoms with van der Waals surface area (Å²) in [6, 6.07) is 11.1. The van der Waals surface area contributed by atoms with Crippen LogP contribution in [0, 0.1) is 0 Å². The summed E-state index contributed by atoms with van der Waals surface area (Å²) in [6.45, 7) is 7.42. The number of aliphatic imine (C=N–C) groups is 1. The van der Waals surface area contributed by atoms with E-state index in [0.717, 1.165) is 23.4 Å². The Kier molecular flexibility index (Phi) is 10.5. The number of rotatable bonds is 9. The predicted molar refractivity (Wildman–Crippen MR) is 123 cm³/mol. The Morgan fingerprint density at radius 3 is 2.36 bits per heavy atom. The van der Waals surface area contributed by atoms with E-state index in [2.05, 4.69) is 20.3 Å². The summed E-state index contributed by atoms with van der Waals surface area (Å²) in [5.74, 6) is 1.50. The highest BCUT2D eigenvalue weighted by atomic mass is 127. The van der Waals surface area contributed by atoms with Gasteiger partial charge in [0.1, 0.15) is 5.76 Å². The van der Waals surface area contributed by atoms with Crippen LogP contribution in [0.15, 0.2) is 52.1 Å². The van der Waals surface area contributed by atoms with Crippen LogP contribution in [0.1, 0.15) is 37.7 Å². The zero-order valence-corrected chi connectivity index (χ0v) is 19.6. The lowest BCUT2D eigenvalue weighted by atomic mass is 10.1. The highest BCUT2D eigenvalue weighted by Crippen LogP contribution is 2.09. The maximum absolute atomic E-state index is 12.0. The van der Waals surface area contributed by atoms with E-state index in [1.54, 1.807) is 20.1 Å². The third kappa shape index (κ3) is 9.07. The average molecular weight is 520 g/mol. The van der Waals surface area contributed by atoms with Crippen molar-refractivity contribution in [3.63, 3.8) is 0 Å². The number of nitrogens with one attached hydrogen (secondary N) is 3. The third-order valence-electron chi connectivity index (χ3n) is 3.57. The second kappa shape index (κ2) is 12.1.